The molecule has 2 aromatic carbocycles. The molecule has 0 aliphatic rings. The van der Waals surface area contributed by atoms with Gasteiger partial charge in [-0.05, 0) is 36.8 Å². The molecule has 0 bridgehead atoms. The number of ether oxygens (including phenoxy) is 1. The molecule has 0 atom stereocenters. The Bertz CT molecular complexity index is 641. The molecule has 0 saturated carbocycles. The first-order chi connectivity index (χ1) is 10.1. The van der Waals surface area contributed by atoms with Crippen LogP contribution in [0.3, 0.4) is 0 Å². The lowest BCUT2D eigenvalue weighted by Gasteiger charge is -2.10. The molecule has 0 aliphatic heterocycles. The number of para-hydroxylation sites is 2. The van der Waals surface area contributed by atoms with Gasteiger partial charge >= 0.3 is 0 Å². The average molecular weight is 286 g/mol. The SMILES string of the molecule is CCCOc1ccc(C(=O)Nc2ccccc2O)cc1N. The van der Waals surface area contributed by atoms with E-state index in [0.29, 0.717) is 29.3 Å². The van der Waals surface area contributed by atoms with E-state index in [4.69, 9.17) is 10.5 Å². The molecule has 0 saturated heterocycles. The molecule has 0 heterocycles. The van der Waals surface area contributed by atoms with Gasteiger partial charge in [-0.1, -0.05) is 19.1 Å². The minimum atomic E-state index is -0.342. The van der Waals surface area contributed by atoms with Crippen LogP contribution in [0.15, 0.2) is 42.5 Å². The van der Waals surface area contributed by atoms with E-state index in [1.807, 2.05) is 6.92 Å². The van der Waals surface area contributed by atoms with Gasteiger partial charge in [-0.2, -0.15) is 0 Å². The summed E-state index contributed by atoms with van der Waals surface area (Å²) in [6.07, 6.45) is 0.884. The minimum absolute atomic E-state index is 0.0155. The van der Waals surface area contributed by atoms with Crippen molar-refractivity contribution in [3.05, 3.63) is 48.0 Å². The average Bonchev–Trinajstić information content (AvgIpc) is 2.48. The van der Waals surface area contributed by atoms with E-state index in [9.17, 15) is 9.90 Å². The second kappa shape index (κ2) is 6.65. The second-order valence-corrected chi connectivity index (χ2v) is 4.57. The van der Waals surface area contributed by atoms with E-state index < -0.39 is 0 Å². The molecule has 2 aromatic rings. The largest absolute Gasteiger partial charge is 0.506 e. The molecular weight excluding hydrogens is 268 g/mol. The maximum Gasteiger partial charge on any atom is 0.255 e. The number of benzene rings is 2. The summed E-state index contributed by atoms with van der Waals surface area (Å²) in [4.78, 5) is 12.1. The summed E-state index contributed by atoms with van der Waals surface area (Å²) in [6, 6.07) is 11.4. The third kappa shape index (κ3) is 3.66. The number of phenols is 1. The molecule has 5 nitrogen and oxygen atoms in total. The van der Waals surface area contributed by atoms with Gasteiger partial charge in [0.2, 0.25) is 0 Å². The zero-order valence-electron chi connectivity index (χ0n) is 11.8. The van der Waals surface area contributed by atoms with Crippen molar-refractivity contribution in [2.24, 2.45) is 0 Å². The Labute approximate surface area is 123 Å². The summed E-state index contributed by atoms with van der Waals surface area (Å²) >= 11 is 0. The number of aromatic hydroxyl groups is 1. The van der Waals surface area contributed by atoms with Crippen molar-refractivity contribution >= 4 is 17.3 Å². The maximum absolute atomic E-state index is 12.1. The molecular formula is C16H18N2O3. The van der Waals surface area contributed by atoms with Crippen LogP contribution in [0.25, 0.3) is 0 Å². The Morgan fingerprint density at radius 3 is 2.71 bits per heavy atom. The normalized spacial score (nSPS) is 10.1. The number of nitrogens with two attached hydrogens (primary N) is 1. The van der Waals surface area contributed by atoms with E-state index in [2.05, 4.69) is 5.32 Å². The van der Waals surface area contributed by atoms with E-state index >= 15 is 0 Å². The number of anilines is 2. The number of hydrogen-bond donors (Lipinski definition) is 3. The lowest BCUT2D eigenvalue weighted by molar-refractivity contribution is 0.102. The molecule has 0 spiro atoms. The fourth-order valence-electron chi connectivity index (χ4n) is 1.81. The summed E-state index contributed by atoms with van der Waals surface area (Å²) in [7, 11) is 0. The van der Waals surface area contributed by atoms with Crippen LogP contribution >= 0.6 is 0 Å². The predicted molar refractivity (Wildman–Crippen MR) is 82.7 cm³/mol. The summed E-state index contributed by atoms with van der Waals surface area (Å²) in [5.74, 6) is 0.239. The van der Waals surface area contributed by atoms with Gasteiger partial charge in [0.1, 0.15) is 11.5 Å². The van der Waals surface area contributed by atoms with Gasteiger partial charge < -0.3 is 20.9 Å². The lowest BCUT2D eigenvalue weighted by atomic mass is 10.1. The molecule has 0 fully saturated rings. The zero-order valence-corrected chi connectivity index (χ0v) is 11.8. The molecule has 5 heteroatoms. The smallest absolute Gasteiger partial charge is 0.255 e. The third-order valence-corrected chi connectivity index (χ3v) is 2.89. The Balaban J connectivity index is 2.13. The molecule has 4 N–H and O–H groups in total. The van der Waals surface area contributed by atoms with Crippen LogP contribution in [0, 0.1) is 0 Å². The molecule has 0 radical (unpaired) electrons. The van der Waals surface area contributed by atoms with Crippen LogP contribution in [0.2, 0.25) is 0 Å². The number of carbonyl (C=O) groups is 1. The molecule has 21 heavy (non-hydrogen) atoms. The highest BCUT2D eigenvalue weighted by Gasteiger charge is 2.10. The molecule has 2 rings (SSSR count). The second-order valence-electron chi connectivity index (χ2n) is 4.57. The molecule has 0 aliphatic carbocycles. The van der Waals surface area contributed by atoms with Gasteiger partial charge in [-0.3, -0.25) is 4.79 Å². The molecule has 110 valence electrons. The van der Waals surface area contributed by atoms with Crippen molar-refractivity contribution < 1.29 is 14.6 Å². The van der Waals surface area contributed by atoms with Crippen molar-refractivity contribution in [2.75, 3.05) is 17.7 Å². The Morgan fingerprint density at radius 2 is 2.05 bits per heavy atom. The topological polar surface area (TPSA) is 84.6 Å². The van der Waals surface area contributed by atoms with Crippen molar-refractivity contribution in [2.45, 2.75) is 13.3 Å². The van der Waals surface area contributed by atoms with Crippen molar-refractivity contribution in [1.29, 1.82) is 0 Å². The van der Waals surface area contributed by atoms with E-state index in [1.165, 1.54) is 6.07 Å². The minimum Gasteiger partial charge on any atom is -0.506 e. The van der Waals surface area contributed by atoms with E-state index in [-0.39, 0.29) is 11.7 Å². The first-order valence-corrected chi connectivity index (χ1v) is 6.73. The number of nitrogen functional groups attached to an aromatic ring is 1. The van der Waals surface area contributed by atoms with Crippen LogP contribution in [0.4, 0.5) is 11.4 Å². The number of rotatable bonds is 5. The number of nitrogens with one attached hydrogen (secondary N) is 1. The van der Waals surface area contributed by atoms with Gasteiger partial charge in [0, 0.05) is 5.56 Å². The first-order valence-electron chi connectivity index (χ1n) is 6.73. The number of phenolic OH excluding ortho intramolecular Hbond substituents is 1. The van der Waals surface area contributed by atoms with Crippen LogP contribution in [-0.4, -0.2) is 17.6 Å². The summed E-state index contributed by atoms with van der Waals surface area (Å²) in [5.41, 5.74) is 7.04. The Hall–Kier alpha value is -2.69. The van der Waals surface area contributed by atoms with Crippen molar-refractivity contribution in [3.63, 3.8) is 0 Å². The van der Waals surface area contributed by atoms with Crippen LogP contribution in [0.1, 0.15) is 23.7 Å². The Morgan fingerprint density at radius 1 is 1.29 bits per heavy atom. The lowest BCUT2D eigenvalue weighted by Crippen LogP contribution is -2.12. The molecule has 0 unspecified atom stereocenters. The zero-order chi connectivity index (χ0) is 15.2. The number of hydrogen-bond acceptors (Lipinski definition) is 4. The van der Waals surface area contributed by atoms with Gasteiger partial charge in [-0.15, -0.1) is 0 Å². The fourth-order valence-corrected chi connectivity index (χ4v) is 1.81. The maximum atomic E-state index is 12.1. The standard InChI is InChI=1S/C16H18N2O3/c1-2-9-21-15-8-7-11(10-12(15)17)16(20)18-13-5-3-4-6-14(13)19/h3-8,10,19H,2,9,17H2,1H3,(H,18,20). The van der Waals surface area contributed by atoms with Gasteiger partial charge in [0.05, 0.1) is 18.0 Å². The van der Waals surface area contributed by atoms with Crippen LogP contribution < -0.4 is 15.8 Å². The summed E-state index contributed by atoms with van der Waals surface area (Å²) in [5, 5.41) is 12.3. The predicted octanol–water partition coefficient (Wildman–Crippen LogP) is 3.02. The number of amides is 1. The first kappa shape index (κ1) is 14.7. The van der Waals surface area contributed by atoms with E-state index in [1.54, 1.807) is 36.4 Å². The van der Waals surface area contributed by atoms with Gasteiger partial charge in [-0.25, -0.2) is 0 Å². The van der Waals surface area contributed by atoms with Crippen molar-refractivity contribution in [3.8, 4) is 11.5 Å². The van der Waals surface area contributed by atoms with Gasteiger partial charge in [0.25, 0.3) is 5.91 Å². The van der Waals surface area contributed by atoms with Crippen LogP contribution in [0.5, 0.6) is 11.5 Å². The third-order valence-electron chi connectivity index (χ3n) is 2.89. The van der Waals surface area contributed by atoms with Crippen LogP contribution in [-0.2, 0) is 0 Å². The molecule has 0 aromatic heterocycles. The fraction of sp³-hybridized carbons (Fsp3) is 0.188. The Kier molecular flexibility index (Phi) is 4.66. The molecule has 1 amide bonds. The highest BCUT2D eigenvalue weighted by molar-refractivity contribution is 6.05. The number of carbonyl (C=O) groups excluding carboxylic acids is 1. The quantitative estimate of drug-likeness (QED) is 0.582. The summed E-state index contributed by atoms with van der Waals surface area (Å²) in [6.45, 7) is 2.58. The summed E-state index contributed by atoms with van der Waals surface area (Å²) < 4.78 is 5.46. The van der Waals surface area contributed by atoms with E-state index in [0.717, 1.165) is 6.42 Å². The monoisotopic (exact) mass is 286 g/mol. The van der Waals surface area contributed by atoms with Gasteiger partial charge in [0.15, 0.2) is 0 Å². The highest BCUT2D eigenvalue weighted by Crippen LogP contribution is 2.25. The van der Waals surface area contributed by atoms with Crippen molar-refractivity contribution in [1.82, 2.24) is 0 Å². The highest BCUT2D eigenvalue weighted by atomic mass is 16.5.